The number of fused-ring (bicyclic) bond motifs is 1. The van der Waals surface area contributed by atoms with E-state index in [1.807, 2.05) is 18.7 Å². The van der Waals surface area contributed by atoms with E-state index >= 15 is 0 Å². The zero-order valence-corrected chi connectivity index (χ0v) is 18.5. The summed E-state index contributed by atoms with van der Waals surface area (Å²) in [5.41, 5.74) is 2.79. The van der Waals surface area contributed by atoms with Crippen molar-refractivity contribution in [1.29, 1.82) is 0 Å². The molecule has 2 heterocycles. The van der Waals surface area contributed by atoms with Gasteiger partial charge in [-0.25, -0.2) is 0 Å². The molecule has 0 spiro atoms. The number of likely N-dealkylation sites (tertiary alicyclic amines) is 1. The van der Waals surface area contributed by atoms with E-state index < -0.39 is 0 Å². The van der Waals surface area contributed by atoms with Crippen molar-refractivity contribution in [3.63, 3.8) is 0 Å². The number of ether oxygens (including phenoxy) is 1. The van der Waals surface area contributed by atoms with Crippen molar-refractivity contribution < 1.29 is 9.53 Å². The lowest BCUT2D eigenvalue weighted by molar-refractivity contribution is -0.132. The third-order valence-corrected chi connectivity index (χ3v) is 6.38. The molecule has 1 amide bonds. The fourth-order valence-corrected chi connectivity index (χ4v) is 4.52. The Balaban J connectivity index is 1.44. The minimum atomic E-state index is 0.249. The van der Waals surface area contributed by atoms with Gasteiger partial charge in [-0.2, -0.15) is 0 Å². The van der Waals surface area contributed by atoms with E-state index in [4.69, 9.17) is 4.74 Å². The van der Waals surface area contributed by atoms with E-state index in [-0.39, 0.29) is 5.91 Å². The molecule has 2 aliphatic heterocycles. The zero-order valence-electron chi connectivity index (χ0n) is 18.5. The highest BCUT2D eigenvalue weighted by atomic mass is 16.5. The minimum Gasteiger partial charge on any atom is -0.494 e. The molecule has 1 aromatic rings. The van der Waals surface area contributed by atoms with E-state index in [9.17, 15) is 4.79 Å². The topological polar surface area (TPSA) is 36.0 Å². The predicted octanol–water partition coefficient (Wildman–Crippen LogP) is 3.21. The first-order chi connectivity index (χ1) is 14.2. The van der Waals surface area contributed by atoms with Crippen LogP contribution in [-0.4, -0.2) is 79.6 Å². The first kappa shape index (κ1) is 22.1. The van der Waals surface area contributed by atoms with Crippen molar-refractivity contribution in [2.75, 3.05) is 59.0 Å². The number of piperidine rings is 1. The van der Waals surface area contributed by atoms with Crippen LogP contribution >= 0.6 is 0 Å². The maximum Gasteiger partial charge on any atom is 0.236 e. The summed E-state index contributed by atoms with van der Waals surface area (Å²) in [6, 6.07) is 6.58. The van der Waals surface area contributed by atoms with E-state index in [1.54, 1.807) is 0 Å². The minimum absolute atomic E-state index is 0.249. The summed E-state index contributed by atoms with van der Waals surface area (Å²) in [5, 5.41) is 0. The van der Waals surface area contributed by atoms with Crippen LogP contribution in [0.4, 0.5) is 0 Å². The number of amides is 1. The van der Waals surface area contributed by atoms with Gasteiger partial charge in [0.1, 0.15) is 5.75 Å². The van der Waals surface area contributed by atoms with Gasteiger partial charge in [0, 0.05) is 32.7 Å². The molecule has 29 heavy (non-hydrogen) atoms. The molecule has 0 radical (unpaired) electrons. The first-order valence-electron chi connectivity index (χ1n) is 11.7. The molecule has 1 saturated heterocycles. The Morgan fingerprint density at radius 2 is 1.69 bits per heavy atom. The smallest absolute Gasteiger partial charge is 0.236 e. The molecule has 1 fully saturated rings. The van der Waals surface area contributed by atoms with Crippen molar-refractivity contribution in [3.05, 3.63) is 29.3 Å². The molecule has 1 aromatic carbocycles. The number of carbonyl (C=O) groups excluding carboxylic acids is 1. The molecule has 162 valence electrons. The van der Waals surface area contributed by atoms with E-state index in [1.165, 1.54) is 43.5 Å². The van der Waals surface area contributed by atoms with Gasteiger partial charge < -0.3 is 14.5 Å². The highest BCUT2D eigenvalue weighted by molar-refractivity contribution is 5.78. The second-order valence-corrected chi connectivity index (χ2v) is 8.38. The average Bonchev–Trinajstić information content (AvgIpc) is 2.95. The summed E-state index contributed by atoms with van der Waals surface area (Å²) in [5.74, 6) is 1.24. The van der Waals surface area contributed by atoms with Crippen LogP contribution in [0.2, 0.25) is 0 Å². The summed E-state index contributed by atoms with van der Waals surface area (Å²) in [4.78, 5) is 19.2. The molecule has 0 aliphatic carbocycles. The fourth-order valence-electron chi connectivity index (χ4n) is 4.52. The normalized spacial score (nSPS) is 18.1. The lowest BCUT2D eigenvalue weighted by Crippen LogP contribution is -2.41. The van der Waals surface area contributed by atoms with Crippen molar-refractivity contribution in [2.24, 2.45) is 0 Å². The van der Waals surface area contributed by atoms with E-state index in [2.05, 4.69) is 28.0 Å². The van der Waals surface area contributed by atoms with Gasteiger partial charge in [-0.1, -0.05) is 12.5 Å². The van der Waals surface area contributed by atoms with Crippen LogP contribution in [0.25, 0.3) is 0 Å². The van der Waals surface area contributed by atoms with Gasteiger partial charge in [0.2, 0.25) is 5.91 Å². The average molecular weight is 402 g/mol. The van der Waals surface area contributed by atoms with Gasteiger partial charge in [-0.15, -0.1) is 0 Å². The van der Waals surface area contributed by atoms with Gasteiger partial charge in [-0.3, -0.25) is 9.69 Å². The third kappa shape index (κ3) is 6.71. The van der Waals surface area contributed by atoms with Gasteiger partial charge >= 0.3 is 0 Å². The van der Waals surface area contributed by atoms with Gasteiger partial charge in [0.25, 0.3) is 0 Å². The van der Waals surface area contributed by atoms with Crippen LogP contribution in [0.5, 0.6) is 5.75 Å². The SMILES string of the molecule is CCN(CC)C(=O)CN1CCc2ccc(OCCCN3CCCCC3)cc2CC1. The van der Waals surface area contributed by atoms with Crippen LogP contribution in [-0.2, 0) is 17.6 Å². The molecule has 2 aliphatic rings. The second kappa shape index (κ2) is 11.6. The molecule has 0 aromatic heterocycles. The summed E-state index contributed by atoms with van der Waals surface area (Å²) in [7, 11) is 0. The molecule has 0 bridgehead atoms. The van der Waals surface area contributed by atoms with E-state index in [0.717, 1.165) is 64.3 Å². The third-order valence-electron chi connectivity index (χ3n) is 6.38. The Labute approximate surface area is 177 Å². The number of nitrogens with zero attached hydrogens (tertiary/aromatic N) is 3. The van der Waals surface area contributed by atoms with Crippen molar-refractivity contribution >= 4 is 5.91 Å². The van der Waals surface area contributed by atoms with Crippen LogP contribution in [0, 0.1) is 0 Å². The quantitative estimate of drug-likeness (QED) is 0.596. The predicted molar refractivity (Wildman–Crippen MR) is 119 cm³/mol. The van der Waals surface area contributed by atoms with Crippen LogP contribution in [0.1, 0.15) is 50.7 Å². The highest BCUT2D eigenvalue weighted by Gasteiger charge is 2.19. The Bertz CT molecular complexity index is 639. The van der Waals surface area contributed by atoms with Gasteiger partial charge in [0.05, 0.1) is 13.2 Å². The number of benzene rings is 1. The molecule has 5 heteroatoms. The Hall–Kier alpha value is -1.59. The Morgan fingerprint density at radius 1 is 0.966 bits per heavy atom. The molecular formula is C24H39N3O2. The maximum atomic E-state index is 12.4. The standard InChI is InChI=1S/C24H39N3O2/c1-3-27(4-2)24(28)20-26-16-11-21-9-10-23(19-22(21)12-17-26)29-18-8-15-25-13-6-5-7-14-25/h9-10,19H,3-8,11-18,20H2,1-2H3. The molecule has 0 unspecified atom stereocenters. The zero-order chi connectivity index (χ0) is 20.5. The van der Waals surface area contributed by atoms with Crippen LogP contribution < -0.4 is 4.74 Å². The summed E-state index contributed by atoms with van der Waals surface area (Å²) in [6.07, 6.45) is 7.19. The molecule has 0 atom stereocenters. The fraction of sp³-hybridized carbons (Fsp3) is 0.708. The molecule has 0 N–H and O–H groups in total. The molecule has 3 rings (SSSR count). The number of hydrogen-bond acceptors (Lipinski definition) is 4. The molecular weight excluding hydrogens is 362 g/mol. The van der Waals surface area contributed by atoms with Crippen LogP contribution in [0.3, 0.4) is 0 Å². The maximum absolute atomic E-state index is 12.4. The summed E-state index contributed by atoms with van der Waals surface area (Å²) in [6.45, 7) is 12.6. The van der Waals surface area contributed by atoms with Crippen molar-refractivity contribution in [3.8, 4) is 5.75 Å². The van der Waals surface area contributed by atoms with Gasteiger partial charge in [-0.05, 0) is 82.3 Å². The van der Waals surface area contributed by atoms with Crippen LogP contribution in [0.15, 0.2) is 18.2 Å². The van der Waals surface area contributed by atoms with Crippen molar-refractivity contribution in [2.45, 2.75) is 52.4 Å². The molecule has 5 nitrogen and oxygen atoms in total. The van der Waals surface area contributed by atoms with Gasteiger partial charge in [0.15, 0.2) is 0 Å². The Kier molecular flexibility index (Phi) is 8.81. The second-order valence-electron chi connectivity index (χ2n) is 8.38. The lowest BCUT2D eigenvalue weighted by atomic mass is 10.0. The highest BCUT2D eigenvalue weighted by Crippen LogP contribution is 2.22. The number of likely N-dealkylation sites (N-methyl/N-ethyl adjacent to an activating group) is 1. The number of hydrogen-bond donors (Lipinski definition) is 0. The first-order valence-corrected chi connectivity index (χ1v) is 11.7. The number of carbonyl (C=O) groups is 1. The molecule has 0 saturated carbocycles. The monoisotopic (exact) mass is 401 g/mol. The lowest BCUT2D eigenvalue weighted by Gasteiger charge is -2.26. The largest absolute Gasteiger partial charge is 0.494 e. The summed E-state index contributed by atoms with van der Waals surface area (Å²) < 4.78 is 6.05. The van der Waals surface area contributed by atoms with E-state index in [0.29, 0.717) is 6.54 Å². The summed E-state index contributed by atoms with van der Waals surface area (Å²) >= 11 is 0. The van der Waals surface area contributed by atoms with Crippen molar-refractivity contribution in [1.82, 2.24) is 14.7 Å². The number of rotatable bonds is 9. The Morgan fingerprint density at radius 3 is 2.41 bits per heavy atom.